The highest BCUT2D eigenvalue weighted by molar-refractivity contribution is 6.03. The maximum absolute atomic E-state index is 12.9. The lowest BCUT2D eigenvalue weighted by molar-refractivity contribution is 0.0525. The lowest BCUT2D eigenvalue weighted by Gasteiger charge is -2.24. The van der Waals surface area contributed by atoms with Crippen molar-refractivity contribution in [1.29, 1.82) is 0 Å². The van der Waals surface area contributed by atoms with Crippen LogP contribution in [0.5, 0.6) is 0 Å². The smallest absolute Gasteiger partial charge is 0.340 e. The predicted molar refractivity (Wildman–Crippen MR) is 151 cm³/mol. The lowest BCUT2D eigenvalue weighted by atomic mass is 9.81. The van der Waals surface area contributed by atoms with E-state index in [2.05, 4.69) is 46.0 Å². The normalized spacial score (nSPS) is 15.4. The zero-order chi connectivity index (χ0) is 26.2. The maximum atomic E-state index is 12.9. The van der Waals surface area contributed by atoms with Crippen LogP contribution in [0.1, 0.15) is 89.4 Å². The quantitative estimate of drug-likeness (QED) is 0.206. The molecule has 1 aliphatic carbocycles. The Labute approximate surface area is 223 Å². The molecule has 3 heterocycles. The molecule has 2 aromatic carbocycles. The van der Waals surface area contributed by atoms with Crippen molar-refractivity contribution in [2.75, 3.05) is 6.61 Å². The van der Waals surface area contributed by atoms with Gasteiger partial charge in [0.25, 0.3) is 0 Å². The molecule has 0 unspecified atom stereocenters. The van der Waals surface area contributed by atoms with E-state index >= 15 is 0 Å². The highest BCUT2D eigenvalue weighted by Crippen LogP contribution is 2.47. The van der Waals surface area contributed by atoms with Crippen LogP contribution < -0.4 is 0 Å². The summed E-state index contributed by atoms with van der Waals surface area (Å²) < 4.78 is 7.73. The first kappa shape index (κ1) is 24.4. The first-order valence-electron chi connectivity index (χ1n) is 13.7. The second-order valence-corrected chi connectivity index (χ2v) is 10.3. The SMILES string of the molecule is CCOC(=O)c1cccnc1C1=Cc2ccccc2-c2c(C3CCCCC3)c3ccc(C(C)=O)cc3n2C1. The van der Waals surface area contributed by atoms with Crippen LogP contribution in [-0.2, 0) is 11.3 Å². The van der Waals surface area contributed by atoms with Crippen molar-refractivity contribution in [3.8, 4) is 11.3 Å². The third-order valence-corrected chi connectivity index (χ3v) is 8.01. The van der Waals surface area contributed by atoms with Crippen molar-refractivity contribution in [3.05, 3.63) is 88.7 Å². The van der Waals surface area contributed by atoms with E-state index in [-0.39, 0.29) is 11.8 Å². The Morgan fingerprint density at radius 2 is 1.84 bits per heavy atom. The van der Waals surface area contributed by atoms with Crippen LogP contribution in [0, 0.1) is 0 Å². The Morgan fingerprint density at radius 1 is 1.03 bits per heavy atom. The highest BCUT2D eigenvalue weighted by atomic mass is 16.5. The number of fused-ring (bicyclic) bond motifs is 5. The second kappa shape index (κ2) is 10.1. The zero-order valence-corrected chi connectivity index (χ0v) is 22.0. The number of hydrogen-bond donors (Lipinski definition) is 0. The number of benzene rings is 2. The number of carbonyl (C=O) groups excluding carboxylic acids is 2. The van der Waals surface area contributed by atoms with Crippen LogP contribution in [0.4, 0.5) is 0 Å². The molecule has 0 bridgehead atoms. The number of esters is 1. The van der Waals surface area contributed by atoms with Gasteiger partial charge >= 0.3 is 5.97 Å². The molecule has 0 amide bonds. The van der Waals surface area contributed by atoms with E-state index in [1.54, 1.807) is 25.3 Å². The summed E-state index contributed by atoms with van der Waals surface area (Å²) in [7, 11) is 0. The van der Waals surface area contributed by atoms with Crippen LogP contribution in [0.25, 0.3) is 33.8 Å². The number of allylic oxidation sites excluding steroid dienone is 1. The number of ether oxygens (including phenoxy) is 1. The number of ketones is 1. The van der Waals surface area contributed by atoms with Crippen LogP contribution >= 0.6 is 0 Å². The summed E-state index contributed by atoms with van der Waals surface area (Å²) in [5, 5.41) is 1.22. The molecule has 0 spiro atoms. The zero-order valence-electron chi connectivity index (χ0n) is 22.0. The topological polar surface area (TPSA) is 61.2 Å². The Bertz CT molecular complexity index is 1590. The largest absolute Gasteiger partial charge is 0.462 e. The van der Waals surface area contributed by atoms with Crippen molar-refractivity contribution in [2.45, 2.75) is 58.4 Å². The molecule has 1 saturated carbocycles. The summed E-state index contributed by atoms with van der Waals surface area (Å²) in [6.07, 6.45) is 10.0. The summed E-state index contributed by atoms with van der Waals surface area (Å²) in [5.41, 5.74) is 8.72. The molecule has 4 aromatic rings. The number of carbonyl (C=O) groups is 2. The van der Waals surface area contributed by atoms with E-state index in [1.807, 2.05) is 19.1 Å². The average molecular weight is 505 g/mol. The Hall–Kier alpha value is -3.99. The Kier molecular flexibility index (Phi) is 6.44. The van der Waals surface area contributed by atoms with Crippen molar-refractivity contribution >= 4 is 34.3 Å². The van der Waals surface area contributed by atoms with Gasteiger partial charge < -0.3 is 9.30 Å². The van der Waals surface area contributed by atoms with Crippen molar-refractivity contribution in [1.82, 2.24) is 9.55 Å². The van der Waals surface area contributed by atoms with Crippen molar-refractivity contribution in [2.24, 2.45) is 0 Å². The van der Waals surface area contributed by atoms with E-state index in [9.17, 15) is 9.59 Å². The molecule has 0 saturated heterocycles. The molecule has 5 heteroatoms. The number of aromatic nitrogens is 2. The van der Waals surface area contributed by atoms with Gasteiger partial charge in [-0.25, -0.2) is 4.79 Å². The fraction of sp³-hybridized carbons (Fsp3) is 0.303. The minimum absolute atomic E-state index is 0.0563. The average Bonchev–Trinajstić information content (AvgIpc) is 3.16. The summed E-state index contributed by atoms with van der Waals surface area (Å²) in [6, 6.07) is 18.2. The van der Waals surface area contributed by atoms with Crippen LogP contribution in [0.2, 0.25) is 0 Å². The fourth-order valence-corrected chi connectivity index (χ4v) is 6.27. The monoisotopic (exact) mass is 504 g/mol. The lowest BCUT2D eigenvalue weighted by Crippen LogP contribution is -2.11. The van der Waals surface area contributed by atoms with Gasteiger partial charge in [0, 0.05) is 28.2 Å². The van der Waals surface area contributed by atoms with Crippen molar-refractivity contribution < 1.29 is 14.3 Å². The van der Waals surface area contributed by atoms with E-state index in [0.717, 1.165) is 16.7 Å². The van der Waals surface area contributed by atoms with E-state index < -0.39 is 0 Å². The standard InChI is InChI=1S/C33H32N2O3/c1-3-38-33(37)28-14-9-17-34-31(28)25-18-24-12-7-8-13-26(24)32-30(22-10-5-4-6-11-22)27-16-15-23(21(2)36)19-29(27)35(32)20-25/h7-9,12-19,22H,3-6,10-11,20H2,1-2H3. The van der Waals surface area contributed by atoms with Crippen molar-refractivity contribution in [3.63, 3.8) is 0 Å². The highest BCUT2D eigenvalue weighted by Gasteiger charge is 2.30. The molecule has 2 aromatic heterocycles. The number of Topliss-reactive ketones (excluding diaryl/α,β-unsaturated/α-hetero) is 1. The number of hydrogen-bond acceptors (Lipinski definition) is 4. The van der Waals surface area contributed by atoms with E-state index in [4.69, 9.17) is 4.74 Å². The molecular formula is C33H32N2O3. The van der Waals surface area contributed by atoms with Gasteiger partial charge in [0.2, 0.25) is 0 Å². The van der Waals surface area contributed by atoms with E-state index in [0.29, 0.717) is 35.9 Å². The van der Waals surface area contributed by atoms with Gasteiger partial charge in [-0.05, 0) is 73.6 Å². The summed E-state index contributed by atoms with van der Waals surface area (Å²) in [6.45, 7) is 4.28. The molecule has 0 radical (unpaired) electrons. The molecule has 38 heavy (non-hydrogen) atoms. The minimum Gasteiger partial charge on any atom is -0.462 e. The summed E-state index contributed by atoms with van der Waals surface area (Å²) in [5.74, 6) is 0.166. The van der Waals surface area contributed by atoms with Gasteiger partial charge in [-0.2, -0.15) is 0 Å². The molecule has 6 rings (SSSR count). The maximum Gasteiger partial charge on any atom is 0.340 e. The molecule has 1 aliphatic heterocycles. The third-order valence-electron chi connectivity index (χ3n) is 8.01. The second-order valence-electron chi connectivity index (χ2n) is 10.3. The van der Waals surface area contributed by atoms with Gasteiger partial charge in [0.15, 0.2) is 5.78 Å². The Balaban J connectivity index is 1.64. The first-order valence-corrected chi connectivity index (χ1v) is 13.7. The van der Waals surface area contributed by atoms with Gasteiger partial charge in [-0.1, -0.05) is 55.7 Å². The number of pyridine rings is 1. The van der Waals surface area contributed by atoms with Gasteiger partial charge in [-0.3, -0.25) is 9.78 Å². The minimum atomic E-state index is -0.367. The van der Waals surface area contributed by atoms with Crippen LogP contribution in [0.3, 0.4) is 0 Å². The molecule has 192 valence electrons. The van der Waals surface area contributed by atoms with E-state index in [1.165, 1.54) is 54.3 Å². The first-order chi connectivity index (χ1) is 18.6. The molecule has 0 N–H and O–H groups in total. The Morgan fingerprint density at radius 3 is 2.63 bits per heavy atom. The van der Waals surface area contributed by atoms with Crippen LogP contribution in [0.15, 0.2) is 60.8 Å². The molecule has 0 atom stereocenters. The number of rotatable bonds is 5. The molecule has 1 fully saturated rings. The third kappa shape index (κ3) is 4.16. The summed E-state index contributed by atoms with van der Waals surface area (Å²) in [4.78, 5) is 30.0. The molecule has 2 aliphatic rings. The van der Waals surface area contributed by atoms with Gasteiger partial charge in [0.1, 0.15) is 0 Å². The molecule has 5 nitrogen and oxygen atoms in total. The summed E-state index contributed by atoms with van der Waals surface area (Å²) >= 11 is 0. The predicted octanol–water partition coefficient (Wildman–Crippen LogP) is 7.68. The van der Waals surface area contributed by atoms with Gasteiger partial charge in [-0.15, -0.1) is 0 Å². The fourth-order valence-electron chi connectivity index (χ4n) is 6.27. The number of nitrogens with zero attached hydrogens (tertiary/aromatic N) is 2. The van der Waals surface area contributed by atoms with Crippen LogP contribution in [-0.4, -0.2) is 27.9 Å². The van der Waals surface area contributed by atoms with Gasteiger partial charge in [0.05, 0.1) is 30.1 Å². The molecular weight excluding hydrogens is 472 g/mol.